The van der Waals surface area contributed by atoms with Crippen molar-refractivity contribution < 1.29 is 83.3 Å². The normalized spacial score (nSPS) is 10.8. The van der Waals surface area contributed by atoms with Crippen molar-refractivity contribution in [2.75, 3.05) is 7.15 Å². The van der Waals surface area contributed by atoms with Crippen molar-refractivity contribution in [3.63, 3.8) is 0 Å². The standard InChI is InChI=1S/C15H16I.C7H5F3.C7H8O3S.C2H3F3.CH3F.Cu/c1-11-9-12(2)15(13(3)10-11)16-14-7-5-4-6-8-14;8-7(9,10)6-4-2-1-3-5-6;1-6-2-4-7(5-3-6)11(8,9)10;1-2(3,4)5;1-2;/h4-10H,1-3H3;1-5H;2-5H,1H3,(H,8,9,10);1H3;1H3;/q+1;;;;;/p-1/i;7-1;;2-1;1D;. The molecule has 0 bridgehead atoms. The third-order valence-electron chi connectivity index (χ3n) is 4.93. The molecule has 0 spiro atoms. The Morgan fingerprint density at radius 1 is 0.711 bits per heavy atom. The molecule has 0 aromatic heterocycles. The van der Waals surface area contributed by atoms with Gasteiger partial charge in [-0.25, -0.2) is 8.42 Å². The van der Waals surface area contributed by atoms with E-state index in [1.165, 1.54) is 44.5 Å². The minimum absolute atomic E-state index is 0. The molecule has 253 valence electrons. The molecule has 0 fully saturated rings. The molecule has 0 saturated heterocycles. The van der Waals surface area contributed by atoms with Crippen LogP contribution >= 0.6 is 0 Å². The molecule has 0 aliphatic heterocycles. The Morgan fingerprint density at radius 2 is 1.09 bits per heavy atom. The molecule has 0 heterocycles. The number of benzene rings is 4. The number of alkyl halides is 7. The summed E-state index contributed by atoms with van der Waals surface area (Å²) < 4.78 is 116. The van der Waals surface area contributed by atoms with Crippen LogP contribution in [0.4, 0.5) is 30.7 Å². The van der Waals surface area contributed by atoms with Gasteiger partial charge in [0, 0.05) is 35.1 Å². The maximum Gasteiger partial charge on any atom is 0.416 e. The fraction of sp³-hybridized carbons (Fsp3) is 0.250. The number of rotatable bonds is 3. The molecule has 3 nitrogen and oxygen atoms in total. The summed E-state index contributed by atoms with van der Waals surface area (Å²) in [4.78, 5) is -0.178. The number of aryl methyl sites for hydroxylation is 4. The molecule has 45 heavy (non-hydrogen) atoms. The van der Waals surface area contributed by atoms with Crippen molar-refractivity contribution in [1.82, 2.24) is 0 Å². The van der Waals surface area contributed by atoms with Gasteiger partial charge in [0.25, 0.3) is 0 Å². The van der Waals surface area contributed by atoms with Gasteiger partial charge in [-0.05, 0) is 52.0 Å². The Morgan fingerprint density at radius 3 is 1.42 bits per heavy atom. The summed E-state index contributed by atoms with van der Waals surface area (Å²) in [6.45, 7) is 8.65. The number of hydrogen-bond donors (Lipinski definition) is 0. The van der Waals surface area contributed by atoms with Crippen LogP contribution in [0.2, 0.25) is 0 Å². The quantitative estimate of drug-likeness (QED) is 0.103. The zero-order valence-electron chi connectivity index (χ0n) is 25.9. The van der Waals surface area contributed by atoms with E-state index < -0.39 is 35.2 Å². The van der Waals surface area contributed by atoms with E-state index in [1.807, 2.05) is 6.92 Å². The Kier molecular flexibility index (Phi) is 20.2. The minimum atomic E-state index is -4.27. The predicted octanol–water partition coefficient (Wildman–Crippen LogP) is 6.50. The van der Waals surface area contributed by atoms with E-state index >= 15 is 0 Å². The summed E-state index contributed by atoms with van der Waals surface area (Å²) in [5, 5.41) is 0. The van der Waals surface area contributed by atoms with Crippen LogP contribution in [-0.2, 0) is 33.4 Å². The third kappa shape index (κ3) is 21.1. The van der Waals surface area contributed by atoms with Crippen LogP contribution in [0.3, 0.4) is 0 Å². The minimum Gasteiger partial charge on any atom is -0.744 e. The first-order valence-electron chi connectivity index (χ1n) is 13.2. The van der Waals surface area contributed by atoms with Crippen molar-refractivity contribution in [2.45, 2.75) is 51.9 Å². The average molecular weight is 821 g/mol. The van der Waals surface area contributed by atoms with Crippen molar-refractivity contribution in [1.29, 1.82) is 0 Å². The monoisotopic (exact) mass is 820 g/mol. The van der Waals surface area contributed by atoms with E-state index in [2.05, 4.69) is 63.2 Å². The third-order valence-corrected chi connectivity index (χ3v) is 9.36. The van der Waals surface area contributed by atoms with Gasteiger partial charge >= 0.3 is 33.6 Å². The van der Waals surface area contributed by atoms with Gasteiger partial charge in [0.15, 0.2) is 7.14 Å². The van der Waals surface area contributed by atoms with Gasteiger partial charge in [0.05, 0.1) is 19.0 Å². The SMILES string of the molecule is C[11C](F)(F)F.Cc1cc(C)c([I+]c2ccccc2)c(C)c1.Cc1ccc(S(=O)(=O)[O-])cc1.F[11C](F)(F)c1ccccc1.[2H]CF.[Cu]. The molecule has 0 unspecified atom stereocenters. The van der Waals surface area contributed by atoms with Crippen LogP contribution in [0.1, 0.15) is 36.1 Å². The smallest absolute Gasteiger partial charge is 0.416 e. The first-order valence-corrected chi connectivity index (χ1v) is 16.1. The van der Waals surface area contributed by atoms with E-state index in [0.717, 1.165) is 17.7 Å². The molecule has 0 amide bonds. The van der Waals surface area contributed by atoms with Gasteiger partial charge in [-0.3, -0.25) is 4.39 Å². The van der Waals surface area contributed by atoms with Crippen LogP contribution < -0.4 is 21.2 Å². The van der Waals surface area contributed by atoms with E-state index in [0.29, 0.717) is 0 Å². The fourth-order valence-electron chi connectivity index (χ4n) is 3.23. The maximum absolute atomic E-state index is 11.8. The van der Waals surface area contributed by atoms with Crippen molar-refractivity contribution in [3.8, 4) is 0 Å². The Balaban J connectivity index is 0. The Labute approximate surface area is 283 Å². The molecule has 0 aliphatic carbocycles. The molecule has 4 aromatic rings. The summed E-state index contributed by atoms with van der Waals surface area (Å²) in [6.07, 6.45) is -8.21. The number of halogens is 8. The molecule has 0 N–H and O–H groups in total. The molecular weight excluding hydrogens is 786 g/mol. The van der Waals surface area contributed by atoms with Gasteiger partial charge in [0.1, 0.15) is 10.1 Å². The number of hydrogen-bond acceptors (Lipinski definition) is 3. The van der Waals surface area contributed by atoms with Gasteiger partial charge < -0.3 is 4.55 Å². The molecule has 4 aromatic carbocycles. The molecular formula is C32H34CuF7IO3S. The summed E-state index contributed by atoms with van der Waals surface area (Å²) >= 11 is -0.0275. The van der Waals surface area contributed by atoms with Crippen molar-refractivity contribution in [2.24, 2.45) is 0 Å². The summed E-state index contributed by atoms with van der Waals surface area (Å²) in [6, 6.07) is 27.6. The molecule has 4 rings (SSSR count). The second kappa shape index (κ2) is 21.4. The van der Waals surface area contributed by atoms with Gasteiger partial charge in [-0.2, -0.15) is 26.3 Å². The Bertz CT molecular complexity index is 1480. The molecule has 0 atom stereocenters. The zero-order chi connectivity index (χ0) is 34.8. The second-order valence-electron chi connectivity index (χ2n) is 9.01. The van der Waals surface area contributed by atoms with Crippen LogP contribution in [0.25, 0.3) is 0 Å². The summed E-state index contributed by atoms with van der Waals surface area (Å²) in [5.41, 5.74) is 4.60. The van der Waals surface area contributed by atoms with Gasteiger partial charge in [-0.15, -0.1) is 0 Å². The first kappa shape index (κ1) is 42.5. The maximum atomic E-state index is 11.8. The fourth-order valence-corrected chi connectivity index (χ4v) is 6.26. The molecule has 0 aliphatic rings. The topological polar surface area (TPSA) is 57.2 Å². The zero-order valence-corrected chi connectivity index (χ0v) is 28.8. The first-order chi connectivity index (χ1) is 20.7. The second-order valence-corrected chi connectivity index (χ2v) is 13.3. The summed E-state index contributed by atoms with van der Waals surface area (Å²) in [5.74, 6) is 0. The largest absolute Gasteiger partial charge is 0.744 e. The van der Waals surface area contributed by atoms with E-state index in [1.54, 1.807) is 21.8 Å². The van der Waals surface area contributed by atoms with Crippen molar-refractivity contribution >= 4 is 10.1 Å². The van der Waals surface area contributed by atoms with Gasteiger partial charge in [0.2, 0.25) is 0 Å². The van der Waals surface area contributed by atoms with Crippen LogP contribution in [0, 0.1) is 34.8 Å². The van der Waals surface area contributed by atoms with E-state index in [-0.39, 0.29) is 50.1 Å². The van der Waals surface area contributed by atoms with Crippen molar-refractivity contribution in [3.05, 3.63) is 132 Å². The van der Waals surface area contributed by atoms with Crippen LogP contribution in [0.5, 0.6) is 0 Å². The van der Waals surface area contributed by atoms with Gasteiger partial charge in [-0.1, -0.05) is 83.9 Å². The average Bonchev–Trinajstić information content (AvgIpc) is 2.91. The van der Waals surface area contributed by atoms with E-state index in [4.69, 9.17) is 1.37 Å². The van der Waals surface area contributed by atoms with Crippen LogP contribution in [0.15, 0.2) is 102 Å². The summed E-state index contributed by atoms with van der Waals surface area (Å²) in [7, 11) is -5.27. The molecule has 0 saturated carbocycles. The molecule has 13 heteroatoms. The Hall–Kier alpha value is -2.45. The molecule has 1 radical (unpaired) electrons. The van der Waals surface area contributed by atoms with E-state index in [9.17, 15) is 43.7 Å². The predicted molar refractivity (Wildman–Crippen MR) is 154 cm³/mol. The van der Waals surface area contributed by atoms with Crippen LogP contribution in [-0.4, -0.2) is 26.3 Å².